The SMILES string of the molecule is CCCCCCCCCOc1ccc(C(C)=O)c(O)c1. The van der Waals surface area contributed by atoms with Gasteiger partial charge in [0.05, 0.1) is 12.2 Å². The van der Waals surface area contributed by atoms with Gasteiger partial charge in [-0.05, 0) is 25.5 Å². The van der Waals surface area contributed by atoms with Gasteiger partial charge in [0.2, 0.25) is 0 Å². The van der Waals surface area contributed by atoms with Gasteiger partial charge in [0.25, 0.3) is 0 Å². The zero-order chi connectivity index (χ0) is 14.8. The van der Waals surface area contributed by atoms with Gasteiger partial charge in [-0.3, -0.25) is 4.79 Å². The van der Waals surface area contributed by atoms with Gasteiger partial charge in [-0.2, -0.15) is 0 Å². The largest absolute Gasteiger partial charge is 0.507 e. The highest BCUT2D eigenvalue weighted by molar-refractivity contribution is 5.96. The summed E-state index contributed by atoms with van der Waals surface area (Å²) in [6.07, 6.45) is 8.72. The van der Waals surface area contributed by atoms with E-state index >= 15 is 0 Å². The lowest BCUT2D eigenvalue weighted by Crippen LogP contribution is -1.99. The Kier molecular flexibility index (Phi) is 7.78. The number of ether oxygens (including phenoxy) is 1. The molecule has 1 N–H and O–H groups in total. The number of carbonyl (C=O) groups excluding carboxylic acids is 1. The molecule has 0 radical (unpaired) electrons. The number of unbranched alkanes of at least 4 members (excludes halogenated alkanes) is 6. The smallest absolute Gasteiger partial charge is 0.163 e. The van der Waals surface area contributed by atoms with Crippen molar-refractivity contribution in [3.05, 3.63) is 23.8 Å². The minimum absolute atomic E-state index is 0.00503. The quantitative estimate of drug-likeness (QED) is 0.497. The van der Waals surface area contributed by atoms with Crippen molar-refractivity contribution in [2.24, 2.45) is 0 Å². The van der Waals surface area contributed by atoms with Crippen molar-refractivity contribution in [3.63, 3.8) is 0 Å². The van der Waals surface area contributed by atoms with Crippen LogP contribution in [-0.2, 0) is 0 Å². The molecule has 0 aliphatic rings. The molecule has 0 fully saturated rings. The van der Waals surface area contributed by atoms with Crippen molar-refractivity contribution in [3.8, 4) is 11.5 Å². The molecule has 0 aliphatic heterocycles. The second kappa shape index (κ2) is 9.40. The van der Waals surface area contributed by atoms with Crippen LogP contribution in [0.2, 0.25) is 0 Å². The number of aromatic hydroxyl groups is 1. The highest BCUT2D eigenvalue weighted by atomic mass is 16.5. The molecule has 0 spiro atoms. The zero-order valence-electron chi connectivity index (χ0n) is 12.7. The van der Waals surface area contributed by atoms with Gasteiger partial charge in [0.1, 0.15) is 11.5 Å². The van der Waals surface area contributed by atoms with Gasteiger partial charge < -0.3 is 9.84 Å². The summed E-state index contributed by atoms with van der Waals surface area (Å²) >= 11 is 0. The van der Waals surface area contributed by atoms with Gasteiger partial charge in [0.15, 0.2) is 5.78 Å². The molecule has 1 aromatic rings. The Labute approximate surface area is 122 Å². The first-order valence-corrected chi connectivity index (χ1v) is 7.62. The standard InChI is InChI=1S/C17H26O3/c1-3-4-5-6-7-8-9-12-20-15-10-11-16(14(2)18)17(19)13-15/h10-11,13,19H,3-9,12H2,1-2H3. The third-order valence-corrected chi connectivity index (χ3v) is 3.37. The zero-order valence-corrected chi connectivity index (χ0v) is 12.7. The van der Waals surface area contributed by atoms with E-state index < -0.39 is 0 Å². The molecule has 0 bridgehead atoms. The molecule has 0 saturated carbocycles. The Morgan fingerprint density at radius 1 is 1.10 bits per heavy atom. The molecule has 3 nitrogen and oxygen atoms in total. The van der Waals surface area contributed by atoms with Crippen LogP contribution in [0.1, 0.15) is 69.2 Å². The fourth-order valence-corrected chi connectivity index (χ4v) is 2.15. The van der Waals surface area contributed by atoms with Crippen molar-refractivity contribution in [1.29, 1.82) is 0 Å². The van der Waals surface area contributed by atoms with Crippen molar-refractivity contribution < 1.29 is 14.6 Å². The summed E-state index contributed by atoms with van der Waals surface area (Å²) in [6, 6.07) is 4.85. The maximum atomic E-state index is 11.2. The summed E-state index contributed by atoms with van der Waals surface area (Å²) < 4.78 is 5.58. The molecule has 20 heavy (non-hydrogen) atoms. The predicted molar refractivity (Wildman–Crippen MR) is 81.6 cm³/mol. The molecule has 0 aliphatic carbocycles. The van der Waals surface area contributed by atoms with E-state index in [1.807, 2.05) is 0 Å². The van der Waals surface area contributed by atoms with E-state index in [4.69, 9.17) is 4.74 Å². The average molecular weight is 278 g/mol. The molecule has 112 valence electrons. The Morgan fingerprint density at radius 2 is 1.75 bits per heavy atom. The van der Waals surface area contributed by atoms with Crippen LogP contribution in [0.4, 0.5) is 0 Å². The molecule has 1 aromatic carbocycles. The first kappa shape index (κ1) is 16.5. The van der Waals surface area contributed by atoms with E-state index in [2.05, 4.69) is 6.92 Å². The minimum atomic E-state index is -0.138. The molecule has 0 amide bonds. The van der Waals surface area contributed by atoms with Crippen LogP contribution < -0.4 is 4.74 Å². The Morgan fingerprint density at radius 3 is 2.35 bits per heavy atom. The highest BCUT2D eigenvalue weighted by Crippen LogP contribution is 2.24. The normalized spacial score (nSPS) is 10.5. The van der Waals surface area contributed by atoms with Gasteiger partial charge in [-0.25, -0.2) is 0 Å². The Hall–Kier alpha value is -1.51. The number of phenolic OH excluding ortho intramolecular Hbond substituents is 1. The van der Waals surface area contributed by atoms with Crippen molar-refractivity contribution in [2.75, 3.05) is 6.61 Å². The van der Waals surface area contributed by atoms with Crippen LogP contribution in [0.15, 0.2) is 18.2 Å². The summed E-state index contributed by atoms with van der Waals surface area (Å²) in [7, 11) is 0. The molecule has 0 saturated heterocycles. The first-order chi connectivity index (χ1) is 9.65. The van der Waals surface area contributed by atoms with Crippen LogP contribution in [0.3, 0.4) is 0 Å². The maximum absolute atomic E-state index is 11.2. The summed E-state index contributed by atoms with van der Waals surface area (Å²) in [5, 5.41) is 9.68. The third-order valence-electron chi connectivity index (χ3n) is 3.37. The first-order valence-electron chi connectivity index (χ1n) is 7.62. The fraction of sp³-hybridized carbons (Fsp3) is 0.588. The molecule has 0 aromatic heterocycles. The lowest BCUT2D eigenvalue weighted by atomic mass is 10.1. The number of rotatable bonds is 10. The van der Waals surface area contributed by atoms with E-state index in [1.165, 1.54) is 51.5 Å². The average Bonchev–Trinajstić information content (AvgIpc) is 2.41. The second-order valence-corrected chi connectivity index (χ2v) is 5.20. The monoisotopic (exact) mass is 278 g/mol. The molecule has 0 atom stereocenters. The molecule has 1 rings (SSSR count). The summed E-state index contributed by atoms with van der Waals surface area (Å²) in [6.45, 7) is 4.32. The molecular weight excluding hydrogens is 252 g/mol. The van der Waals surface area contributed by atoms with Crippen molar-refractivity contribution in [1.82, 2.24) is 0 Å². The molecule has 3 heteroatoms. The summed E-state index contributed by atoms with van der Waals surface area (Å²) in [5.41, 5.74) is 0.341. The van der Waals surface area contributed by atoms with Gasteiger partial charge in [-0.1, -0.05) is 45.4 Å². The fourth-order valence-electron chi connectivity index (χ4n) is 2.15. The van der Waals surface area contributed by atoms with E-state index in [1.54, 1.807) is 12.1 Å². The van der Waals surface area contributed by atoms with Crippen LogP contribution in [-0.4, -0.2) is 17.5 Å². The number of carbonyl (C=O) groups is 1. The van der Waals surface area contributed by atoms with Crippen molar-refractivity contribution >= 4 is 5.78 Å². The lowest BCUT2D eigenvalue weighted by Gasteiger charge is -2.08. The van der Waals surface area contributed by atoms with Crippen LogP contribution in [0.25, 0.3) is 0 Å². The number of hydrogen-bond acceptors (Lipinski definition) is 3. The van der Waals surface area contributed by atoms with Gasteiger partial charge >= 0.3 is 0 Å². The molecule has 0 heterocycles. The van der Waals surface area contributed by atoms with E-state index in [9.17, 15) is 9.90 Å². The highest BCUT2D eigenvalue weighted by Gasteiger charge is 2.07. The second-order valence-electron chi connectivity index (χ2n) is 5.20. The lowest BCUT2D eigenvalue weighted by molar-refractivity contribution is 0.101. The minimum Gasteiger partial charge on any atom is -0.507 e. The van der Waals surface area contributed by atoms with E-state index in [0.717, 1.165) is 6.42 Å². The Balaban J connectivity index is 2.19. The maximum Gasteiger partial charge on any atom is 0.163 e. The van der Waals surface area contributed by atoms with Gasteiger partial charge in [0, 0.05) is 6.07 Å². The number of hydrogen-bond donors (Lipinski definition) is 1. The summed E-state index contributed by atoms with van der Waals surface area (Å²) in [5.74, 6) is 0.481. The number of ketones is 1. The van der Waals surface area contributed by atoms with Crippen molar-refractivity contribution in [2.45, 2.75) is 58.8 Å². The van der Waals surface area contributed by atoms with Crippen LogP contribution in [0, 0.1) is 0 Å². The van der Waals surface area contributed by atoms with E-state index in [-0.39, 0.29) is 11.5 Å². The predicted octanol–water partition coefficient (Wildman–Crippen LogP) is 4.72. The van der Waals surface area contributed by atoms with E-state index in [0.29, 0.717) is 17.9 Å². The molecular formula is C17H26O3. The number of phenols is 1. The number of Topliss-reactive ketones (excluding diaryl/α,β-unsaturated/α-hetero) is 1. The van der Waals surface area contributed by atoms with Gasteiger partial charge in [-0.15, -0.1) is 0 Å². The topological polar surface area (TPSA) is 46.5 Å². The van der Waals surface area contributed by atoms with Crippen LogP contribution >= 0.6 is 0 Å². The van der Waals surface area contributed by atoms with Crippen LogP contribution in [0.5, 0.6) is 11.5 Å². The summed E-state index contributed by atoms with van der Waals surface area (Å²) in [4.78, 5) is 11.2. The number of benzene rings is 1. The third kappa shape index (κ3) is 6.09. The molecule has 0 unspecified atom stereocenters. The Bertz CT molecular complexity index is 413.